The van der Waals surface area contributed by atoms with Crippen LogP contribution in [0.5, 0.6) is 0 Å². The summed E-state index contributed by atoms with van der Waals surface area (Å²) in [6.07, 6.45) is 19.4. The predicted octanol–water partition coefficient (Wildman–Crippen LogP) is 6.46. The summed E-state index contributed by atoms with van der Waals surface area (Å²) in [5.41, 5.74) is 5.57. The normalized spacial score (nSPS) is 13.4. The third-order valence-electron chi connectivity index (χ3n) is 6.58. The molecular formula is C28H58N2O3. The molecule has 0 aliphatic carbocycles. The van der Waals surface area contributed by atoms with Gasteiger partial charge in [-0.15, -0.1) is 0 Å². The molecule has 0 rings (SSSR count). The molecule has 198 valence electrons. The minimum Gasteiger partial charge on any atom is -0.465 e. The number of hydrogen-bond donors (Lipinski definition) is 2. The molecule has 0 saturated heterocycles. The maximum Gasteiger partial charge on any atom is 0.308 e. The highest BCUT2D eigenvalue weighted by Gasteiger charge is 2.19. The van der Waals surface area contributed by atoms with Gasteiger partial charge in [0.15, 0.2) is 0 Å². The number of hydrogen-bond acceptors (Lipinski definition) is 5. The second kappa shape index (κ2) is 24.5. The summed E-state index contributed by atoms with van der Waals surface area (Å²) in [5, 5.41) is 9.86. The third kappa shape index (κ3) is 20.4. The van der Waals surface area contributed by atoms with E-state index in [-0.39, 0.29) is 11.9 Å². The molecule has 0 spiro atoms. The Balaban J connectivity index is 4.18. The minimum atomic E-state index is -0.441. The van der Waals surface area contributed by atoms with Crippen molar-refractivity contribution in [1.29, 1.82) is 0 Å². The fraction of sp³-hybridized carbons (Fsp3) is 0.964. The largest absolute Gasteiger partial charge is 0.465 e. The van der Waals surface area contributed by atoms with Crippen LogP contribution in [-0.4, -0.2) is 54.9 Å². The molecule has 0 heterocycles. The number of ether oxygens (including phenoxy) is 1. The summed E-state index contributed by atoms with van der Waals surface area (Å²) >= 11 is 0. The molecule has 0 aromatic heterocycles. The van der Waals surface area contributed by atoms with E-state index < -0.39 is 6.10 Å². The van der Waals surface area contributed by atoms with Crippen LogP contribution in [0.15, 0.2) is 0 Å². The van der Waals surface area contributed by atoms with Crippen molar-refractivity contribution >= 4 is 5.97 Å². The Morgan fingerprint density at radius 3 is 1.88 bits per heavy atom. The van der Waals surface area contributed by atoms with Crippen LogP contribution in [-0.2, 0) is 9.53 Å². The maximum atomic E-state index is 12.7. The number of nitrogens with zero attached hydrogens (tertiary/aromatic N) is 1. The highest BCUT2D eigenvalue weighted by molar-refractivity contribution is 5.72. The van der Waals surface area contributed by atoms with Gasteiger partial charge in [0.05, 0.1) is 18.6 Å². The average Bonchev–Trinajstić information content (AvgIpc) is 2.82. The van der Waals surface area contributed by atoms with Gasteiger partial charge in [0.2, 0.25) is 0 Å². The van der Waals surface area contributed by atoms with Crippen LogP contribution < -0.4 is 5.73 Å². The van der Waals surface area contributed by atoms with Crippen molar-refractivity contribution < 1.29 is 14.6 Å². The van der Waals surface area contributed by atoms with Crippen molar-refractivity contribution in [3.8, 4) is 0 Å². The Labute approximate surface area is 206 Å². The molecule has 0 aromatic rings. The summed E-state index contributed by atoms with van der Waals surface area (Å²) in [6.45, 7) is 10.2. The number of aliphatic hydroxyl groups is 1. The number of rotatable bonds is 25. The molecule has 0 amide bonds. The molecule has 2 atom stereocenters. The van der Waals surface area contributed by atoms with Gasteiger partial charge in [0.25, 0.3) is 0 Å². The van der Waals surface area contributed by atoms with Gasteiger partial charge < -0.3 is 20.5 Å². The molecule has 0 aromatic carbocycles. The van der Waals surface area contributed by atoms with E-state index in [0.29, 0.717) is 19.7 Å². The molecule has 5 heteroatoms. The zero-order chi connectivity index (χ0) is 24.6. The molecule has 2 unspecified atom stereocenters. The van der Waals surface area contributed by atoms with Gasteiger partial charge in [0.1, 0.15) is 0 Å². The molecule has 0 saturated carbocycles. The zero-order valence-corrected chi connectivity index (χ0v) is 22.5. The van der Waals surface area contributed by atoms with Crippen LogP contribution in [0.25, 0.3) is 0 Å². The van der Waals surface area contributed by atoms with Gasteiger partial charge in [-0.1, -0.05) is 91.4 Å². The Hall–Kier alpha value is -0.650. The molecule has 0 radical (unpaired) electrons. The standard InChI is InChI=1S/C28H58N2O3/c1-4-7-10-12-13-16-20-26(19-15-11-8-5-2)28(32)33-23-18-14-17-22-30(21-9-6-3)25-27(31)24-29/h26-27,31H,4-25,29H2,1-3H3. The summed E-state index contributed by atoms with van der Waals surface area (Å²) in [6, 6.07) is 0. The SMILES string of the molecule is CCCCCCCCC(CCCCCC)C(=O)OCCCCCN(CCCC)CC(O)CN. The maximum absolute atomic E-state index is 12.7. The van der Waals surface area contributed by atoms with Gasteiger partial charge in [-0.05, 0) is 51.6 Å². The van der Waals surface area contributed by atoms with Crippen molar-refractivity contribution in [3.63, 3.8) is 0 Å². The number of aliphatic hydroxyl groups excluding tert-OH is 1. The van der Waals surface area contributed by atoms with Crippen molar-refractivity contribution in [2.75, 3.05) is 32.8 Å². The van der Waals surface area contributed by atoms with Gasteiger partial charge in [0, 0.05) is 13.1 Å². The summed E-state index contributed by atoms with van der Waals surface area (Å²) in [5.74, 6) is 0.131. The minimum absolute atomic E-state index is 0.0377. The van der Waals surface area contributed by atoms with Crippen LogP contribution in [0.1, 0.15) is 130 Å². The Kier molecular flexibility index (Phi) is 24.0. The quantitative estimate of drug-likeness (QED) is 0.118. The first-order valence-electron chi connectivity index (χ1n) is 14.4. The first-order valence-corrected chi connectivity index (χ1v) is 14.4. The highest BCUT2D eigenvalue weighted by atomic mass is 16.5. The van der Waals surface area contributed by atoms with E-state index in [0.717, 1.165) is 70.9 Å². The molecule has 0 fully saturated rings. The molecular weight excluding hydrogens is 412 g/mol. The summed E-state index contributed by atoms with van der Waals surface area (Å²) in [7, 11) is 0. The molecule has 3 N–H and O–H groups in total. The van der Waals surface area contributed by atoms with Gasteiger partial charge in [-0.25, -0.2) is 0 Å². The van der Waals surface area contributed by atoms with E-state index in [9.17, 15) is 9.90 Å². The highest BCUT2D eigenvalue weighted by Crippen LogP contribution is 2.20. The molecule has 33 heavy (non-hydrogen) atoms. The first-order chi connectivity index (χ1) is 16.1. The molecule has 0 bridgehead atoms. The van der Waals surface area contributed by atoms with Crippen LogP contribution in [0.2, 0.25) is 0 Å². The summed E-state index contributed by atoms with van der Waals surface area (Å²) < 4.78 is 5.70. The number of unbranched alkanes of at least 4 members (excludes halogenated alkanes) is 11. The lowest BCUT2D eigenvalue weighted by molar-refractivity contribution is -0.149. The lowest BCUT2D eigenvalue weighted by Crippen LogP contribution is -2.37. The van der Waals surface area contributed by atoms with E-state index in [4.69, 9.17) is 10.5 Å². The second-order valence-corrected chi connectivity index (χ2v) is 9.87. The van der Waals surface area contributed by atoms with Crippen LogP contribution in [0, 0.1) is 5.92 Å². The molecule has 0 aliphatic rings. The van der Waals surface area contributed by atoms with Crippen molar-refractivity contribution in [2.24, 2.45) is 11.7 Å². The lowest BCUT2D eigenvalue weighted by atomic mass is 9.94. The van der Waals surface area contributed by atoms with Crippen LogP contribution >= 0.6 is 0 Å². The van der Waals surface area contributed by atoms with Crippen molar-refractivity contribution in [3.05, 3.63) is 0 Å². The number of esters is 1. The van der Waals surface area contributed by atoms with Gasteiger partial charge in [-0.3, -0.25) is 4.79 Å². The third-order valence-corrected chi connectivity index (χ3v) is 6.58. The van der Waals surface area contributed by atoms with Crippen molar-refractivity contribution in [2.45, 2.75) is 136 Å². The topological polar surface area (TPSA) is 75.8 Å². The first kappa shape index (κ1) is 32.4. The van der Waals surface area contributed by atoms with E-state index >= 15 is 0 Å². The van der Waals surface area contributed by atoms with Crippen LogP contribution in [0.4, 0.5) is 0 Å². The molecule has 5 nitrogen and oxygen atoms in total. The molecule has 0 aliphatic heterocycles. The Morgan fingerprint density at radius 2 is 1.27 bits per heavy atom. The van der Waals surface area contributed by atoms with Gasteiger partial charge in [-0.2, -0.15) is 0 Å². The van der Waals surface area contributed by atoms with Crippen molar-refractivity contribution in [1.82, 2.24) is 4.90 Å². The van der Waals surface area contributed by atoms with E-state index in [1.165, 1.54) is 51.4 Å². The number of carbonyl (C=O) groups is 1. The fourth-order valence-corrected chi connectivity index (χ4v) is 4.32. The van der Waals surface area contributed by atoms with Crippen LogP contribution in [0.3, 0.4) is 0 Å². The smallest absolute Gasteiger partial charge is 0.308 e. The monoisotopic (exact) mass is 470 g/mol. The number of carbonyl (C=O) groups excluding carboxylic acids is 1. The fourth-order valence-electron chi connectivity index (χ4n) is 4.32. The summed E-state index contributed by atoms with van der Waals surface area (Å²) in [4.78, 5) is 15.0. The van der Waals surface area contributed by atoms with E-state index in [1.54, 1.807) is 0 Å². The second-order valence-electron chi connectivity index (χ2n) is 9.87. The van der Waals surface area contributed by atoms with E-state index in [1.807, 2.05) is 0 Å². The number of nitrogens with two attached hydrogens (primary N) is 1. The lowest BCUT2D eigenvalue weighted by Gasteiger charge is -2.24. The average molecular weight is 471 g/mol. The Morgan fingerprint density at radius 1 is 0.758 bits per heavy atom. The van der Waals surface area contributed by atoms with Gasteiger partial charge >= 0.3 is 5.97 Å². The predicted molar refractivity (Wildman–Crippen MR) is 141 cm³/mol. The van der Waals surface area contributed by atoms with E-state index in [2.05, 4.69) is 25.7 Å². The zero-order valence-electron chi connectivity index (χ0n) is 22.5. The Bertz CT molecular complexity index is 420.